The summed E-state index contributed by atoms with van der Waals surface area (Å²) in [6, 6.07) is 8.41. The van der Waals surface area contributed by atoms with Gasteiger partial charge in [-0.3, -0.25) is 4.79 Å². The van der Waals surface area contributed by atoms with E-state index in [9.17, 15) is 4.79 Å². The van der Waals surface area contributed by atoms with E-state index in [4.69, 9.17) is 0 Å². The highest BCUT2D eigenvalue weighted by molar-refractivity contribution is 5.81. The highest BCUT2D eigenvalue weighted by atomic mass is 16.2. The van der Waals surface area contributed by atoms with Gasteiger partial charge in [0.05, 0.1) is 0 Å². The Morgan fingerprint density at radius 2 is 2.06 bits per heavy atom. The van der Waals surface area contributed by atoms with Gasteiger partial charge in [0.15, 0.2) is 0 Å². The summed E-state index contributed by atoms with van der Waals surface area (Å²) in [6.07, 6.45) is 2.80. The molecule has 2 rings (SSSR count). The number of benzene rings is 1. The first-order valence-corrected chi connectivity index (χ1v) is 6.31. The number of hydrogen-bond donors (Lipinski definition) is 2. The Labute approximate surface area is 108 Å². The lowest BCUT2D eigenvalue weighted by Gasteiger charge is -2.17. The molecule has 0 bridgehead atoms. The van der Waals surface area contributed by atoms with Crippen LogP contribution < -0.4 is 5.32 Å². The van der Waals surface area contributed by atoms with Gasteiger partial charge >= 0.3 is 0 Å². The Morgan fingerprint density at radius 1 is 1.28 bits per heavy atom. The SMILES string of the molecule is CC(C)(C)C(=O)NCCc1ccc2cc[nH]c2c1. The minimum atomic E-state index is -0.316. The summed E-state index contributed by atoms with van der Waals surface area (Å²) >= 11 is 0. The molecule has 0 unspecified atom stereocenters. The van der Waals surface area contributed by atoms with Crippen molar-refractivity contribution in [2.24, 2.45) is 5.41 Å². The topological polar surface area (TPSA) is 44.9 Å². The molecule has 3 heteroatoms. The maximum Gasteiger partial charge on any atom is 0.225 e. The molecule has 3 nitrogen and oxygen atoms in total. The van der Waals surface area contributed by atoms with Crippen molar-refractivity contribution in [1.82, 2.24) is 10.3 Å². The molecule has 1 aromatic carbocycles. The van der Waals surface area contributed by atoms with Crippen molar-refractivity contribution >= 4 is 16.8 Å². The summed E-state index contributed by atoms with van der Waals surface area (Å²) in [6.45, 7) is 6.45. The molecular formula is C15H20N2O. The van der Waals surface area contributed by atoms with Crippen LogP contribution in [0.1, 0.15) is 26.3 Å². The van der Waals surface area contributed by atoms with Crippen LogP contribution in [-0.4, -0.2) is 17.4 Å². The fourth-order valence-electron chi connectivity index (χ4n) is 1.84. The van der Waals surface area contributed by atoms with Crippen LogP contribution in [0.4, 0.5) is 0 Å². The molecule has 1 heterocycles. The third kappa shape index (κ3) is 2.92. The highest BCUT2D eigenvalue weighted by Gasteiger charge is 2.20. The molecule has 0 aliphatic carbocycles. The molecule has 0 saturated carbocycles. The van der Waals surface area contributed by atoms with E-state index in [1.807, 2.05) is 27.0 Å². The highest BCUT2D eigenvalue weighted by Crippen LogP contribution is 2.15. The Bertz CT molecular complexity index is 549. The van der Waals surface area contributed by atoms with Gasteiger partial charge in [0.1, 0.15) is 0 Å². The van der Waals surface area contributed by atoms with Gasteiger partial charge in [-0.25, -0.2) is 0 Å². The fourth-order valence-corrected chi connectivity index (χ4v) is 1.84. The predicted molar refractivity (Wildman–Crippen MR) is 74.5 cm³/mol. The number of H-pyrrole nitrogens is 1. The van der Waals surface area contributed by atoms with Crippen LogP contribution in [0.5, 0.6) is 0 Å². The van der Waals surface area contributed by atoms with E-state index in [1.54, 1.807) is 0 Å². The number of fused-ring (bicyclic) bond motifs is 1. The summed E-state index contributed by atoms with van der Waals surface area (Å²) in [5, 5.41) is 4.18. The average Bonchev–Trinajstić information content (AvgIpc) is 2.74. The van der Waals surface area contributed by atoms with Crippen LogP contribution >= 0.6 is 0 Å². The molecule has 1 amide bonds. The predicted octanol–water partition coefficient (Wildman–Crippen LogP) is 2.87. The third-order valence-corrected chi connectivity index (χ3v) is 3.00. The standard InChI is InChI=1S/C15H20N2O/c1-15(2,3)14(18)17-8-6-11-4-5-12-7-9-16-13(12)10-11/h4-5,7,9-10,16H,6,8H2,1-3H3,(H,17,18). The lowest BCUT2D eigenvalue weighted by Crippen LogP contribution is -2.35. The van der Waals surface area contributed by atoms with Crippen LogP contribution in [0.3, 0.4) is 0 Å². The first kappa shape index (κ1) is 12.7. The lowest BCUT2D eigenvalue weighted by molar-refractivity contribution is -0.128. The lowest BCUT2D eigenvalue weighted by atomic mass is 9.95. The maximum absolute atomic E-state index is 11.7. The largest absolute Gasteiger partial charge is 0.361 e. The molecular weight excluding hydrogens is 224 g/mol. The van der Waals surface area contributed by atoms with Crippen LogP contribution in [0.15, 0.2) is 30.5 Å². The van der Waals surface area contributed by atoms with Gasteiger partial charge in [0.2, 0.25) is 5.91 Å². The van der Waals surface area contributed by atoms with Gasteiger partial charge in [0.25, 0.3) is 0 Å². The van der Waals surface area contributed by atoms with Crippen LogP contribution in [0.2, 0.25) is 0 Å². The van der Waals surface area contributed by atoms with Crippen molar-refractivity contribution in [2.45, 2.75) is 27.2 Å². The molecule has 0 spiro atoms. The monoisotopic (exact) mass is 244 g/mol. The van der Waals surface area contributed by atoms with Crippen molar-refractivity contribution in [1.29, 1.82) is 0 Å². The summed E-state index contributed by atoms with van der Waals surface area (Å²) in [4.78, 5) is 14.9. The van der Waals surface area contributed by atoms with Crippen LogP contribution in [-0.2, 0) is 11.2 Å². The zero-order valence-electron chi connectivity index (χ0n) is 11.2. The maximum atomic E-state index is 11.7. The number of rotatable bonds is 3. The van der Waals surface area contributed by atoms with Crippen molar-refractivity contribution < 1.29 is 4.79 Å². The van der Waals surface area contributed by atoms with E-state index < -0.39 is 0 Å². The molecule has 0 atom stereocenters. The fraction of sp³-hybridized carbons (Fsp3) is 0.400. The average molecular weight is 244 g/mol. The van der Waals surface area contributed by atoms with Crippen LogP contribution in [0.25, 0.3) is 10.9 Å². The number of aromatic nitrogens is 1. The Hall–Kier alpha value is -1.77. The van der Waals surface area contributed by atoms with Crippen molar-refractivity contribution in [3.63, 3.8) is 0 Å². The number of carbonyl (C=O) groups is 1. The summed E-state index contributed by atoms with van der Waals surface area (Å²) in [7, 11) is 0. The zero-order valence-corrected chi connectivity index (χ0v) is 11.2. The quantitative estimate of drug-likeness (QED) is 0.856. The van der Waals surface area contributed by atoms with Crippen molar-refractivity contribution in [2.75, 3.05) is 6.54 Å². The Morgan fingerprint density at radius 3 is 2.78 bits per heavy atom. The molecule has 1 aromatic heterocycles. The van der Waals surface area contributed by atoms with Gasteiger partial charge in [-0.1, -0.05) is 32.9 Å². The molecule has 0 aliphatic rings. The second kappa shape index (κ2) is 4.84. The first-order chi connectivity index (χ1) is 8.47. The normalized spacial score (nSPS) is 11.7. The van der Waals surface area contributed by atoms with Gasteiger partial charge in [-0.05, 0) is 29.5 Å². The minimum Gasteiger partial charge on any atom is -0.361 e. The zero-order chi connectivity index (χ0) is 13.2. The van der Waals surface area contributed by atoms with Gasteiger partial charge < -0.3 is 10.3 Å². The molecule has 0 radical (unpaired) electrons. The van der Waals surface area contributed by atoms with E-state index in [0.717, 1.165) is 11.9 Å². The summed E-state index contributed by atoms with van der Waals surface area (Å²) < 4.78 is 0. The second-order valence-corrected chi connectivity index (χ2v) is 5.66. The van der Waals surface area contributed by atoms with Crippen LogP contribution in [0, 0.1) is 5.41 Å². The molecule has 96 valence electrons. The number of amides is 1. The number of carbonyl (C=O) groups excluding carboxylic acids is 1. The van der Waals surface area contributed by atoms with E-state index in [1.165, 1.54) is 10.9 Å². The van der Waals surface area contributed by atoms with E-state index in [-0.39, 0.29) is 11.3 Å². The summed E-state index contributed by atoms with van der Waals surface area (Å²) in [5.41, 5.74) is 2.07. The molecule has 2 aromatic rings. The van der Waals surface area contributed by atoms with Gasteiger partial charge in [0, 0.05) is 23.7 Å². The molecule has 0 saturated heterocycles. The van der Waals surface area contributed by atoms with E-state index in [0.29, 0.717) is 6.54 Å². The number of hydrogen-bond acceptors (Lipinski definition) is 1. The molecule has 18 heavy (non-hydrogen) atoms. The molecule has 0 fully saturated rings. The summed E-state index contributed by atoms with van der Waals surface area (Å²) in [5.74, 6) is 0.100. The smallest absolute Gasteiger partial charge is 0.225 e. The van der Waals surface area contributed by atoms with Gasteiger partial charge in [-0.2, -0.15) is 0 Å². The molecule has 0 aliphatic heterocycles. The minimum absolute atomic E-state index is 0.100. The molecule has 2 N–H and O–H groups in total. The second-order valence-electron chi connectivity index (χ2n) is 5.66. The van der Waals surface area contributed by atoms with Crippen molar-refractivity contribution in [3.8, 4) is 0 Å². The van der Waals surface area contributed by atoms with E-state index in [2.05, 4.69) is 34.6 Å². The van der Waals surface area contributed by atoms with E-state index >= 15 is 0 Å². The number of aromatic amines is 1. The Kier molecular flexibility index (Phi) is 3.41. The van der Waals surface area contributed by atoms with Gasteiger partial charge in [-0.15, -0.1) is 0 Å². The Balaban J connectivity index is 1.92. The third-order valence-electron chi connectivity index (χ3n) is 3.00. The van der Waals surface area contributed by atoms with Crippen molar-refractivity contribution in [3.05, 3.63) is 36.0 Å². The number of nitrogens with one attached hydrogen (secondary N) is 2. The first-order valence-electron chi connectivity index (χ1n) is 6.31.